The van der Waals surface area contributed by atoms with Gasteiger partial charge in [-0.25, -0.2) is 0 Å². The van der Waals surface area contributed by atoms with Crippen LogP contribution in [0.4, 0.5) is 0 Å². The van der Waals surface area contributed by atoms with Gasteiger partial charge >= 0.3 is 0 Å². The maximum atomic E-state index is 12.1. The maximum absolute atomic E-state index is 12.1. The zero-order valence-electron chi connectivity index (χ0n) is 10.9. The molecule has 5 nitrogen and oxygen atoms in total. The highest BCUT2D eigenvalue weighted by Crippen LogP contribution is 2.29. The zero-order valence-corrected chi connectivity index (χ0v) is 11.7. The van der Waals surface area contributed by atoms with Crippen molar-refractivity contribution in [3.05, 3.63) is 41.7 Å². The summed E-state index contributed by atoms with van der Waals surface area (Å²) in [5.41, 5.74) is 1.67. The second-order valence-electron chi connectivity index (χ2n) is 4.95. The molecule has 0 unspecified atom stereocenters. The Hall–Kier alpha value is -1.95. The first-order valence-electron chi connectivity index (χ1n) is 6.60. The van der Waals surface area contributed by atoms with Crippen molar-refractivity contribution in [3.63, 3.8) is 0 Å². The van der Waals surface area contributed by atoms with E-state index in [0.29, 0.717) is 11.6 Å². The summed E-state index contributed by atoms with van der Waals surface area (Å²) < 4.78 is 7.86. The predicted octanol–water partition coefficient (Wildman–Crippen LogP) is 2.26. The highest BCUT2D eigenvalue weighted by atomic mass is 32.1. The standard InChI is InChI=1S/C14H15N3O2S/c18-12-3-1-10(2-4-12)11-5-7-17(8-6-11)14(19)13-9-15-20-16-13/h1-4,9,11,18H,5-8H2. The van der Waals surface area contributed by atoms with Crippen molar-refractivity contribution in [2.24, 2.45) is 0 Å². The van der Waals surface area contributed by atoms with Gasteiger partial charge in [-0.05, 0) is 36.5 Å². The van der Waals surface area contributed by atoms with Crippen LogP contribution in [0.1, 0.15) is 34.8 Å². The van der Waals surface area contributed by atoms with Crippen molar-refractivity contribution in [1.82, 2.24) is 13.6 Å². The molecule has 0 spiro atoms. The molecular weight excluding hydrogens is 274 g/mol. The van der Waals surface area contributed by atoms with Crippen molar-refractivity contribution in [2.75, 3.05) is 13.1 Å². The normalized spacial score (nSPS) is 16.3. The number of nitrogens with zero attached hydrogens (tertiary/aromatic N) is 3. The number of aromatic hydroxyl groups is 1. The summed E-state index contributed by atoms with van der Waals surface area (Å²) in [5.74, 6) is 0.716. The Morgan fingerprint density at radius 3 is 2.55 bits per heavy atom. The Morgan fingerprint density at radius 1 is 1.25 bits per heavy atom. The lowest BCUT2D eigenvalue weighted by molar-refractivity contribution is 0.0708. The van der Waals surface area contributed by atoms with Crippen LogP contribution in [0.15, 0.2) is 30.5 Å². The fourth-order valence-corrected chi connectivity index (χ4v) is 2.99. The number of carbonyl (C=O) groups excluding carboxylic acids is 1. The van der Waals surface area contributed by atoms with Gasteiger partial charge in [0.15, 0.2) is 5.69 Å². The van der Waals surface area contributed by atoms with Gasteiger partial charge in [-0.3, -0.25) is 4.79 Å². The fraction of sp³-hybridized carbons (Fsp3) is 0.357. The van der Waals surface area contributed by atoms with Gasteiger partial charge in [-0.2, -0.15) is 8.75 Å². The third kappa shape index (κ3) is 2.65. The summed E-state index contributed by atoms with van der Waals surface area (Å²) >= 11 is 1.06. The first-order chi connectivity index (χ1) is 9.74. The summed E-state index contributed by atoms with van der Waals surface area (Å²) in [6.45, 7) is 1.48. The topological polar surface area (TPSA) is 66.3 Å². The number of carbonyl (C=O) groups is 1. The molecule has 1 amide bonds. The Balaban J connectivity index is 1.62. The molecule has 0 aliphatic carbocycles. The number of phenolic OH excluding ortho intramolecular Hbond substituents is 1. The quantitative estimate of drug-likeness (QED) is 0.921. The minimum absolute atomic E-state index is 0.0251. The number of hydrogen-bond acceptors (Lipinski definition) is 5. The summed E-state index contributed by atoms with van der Waals surface area (Å²) in [5, 5.41) is 9.31. The van der Waals surface area contributed by atoms with E-state index in [-0.39, 0.29) is 11.7 Å². The molecule has 3 rings (SSSR count). The molecule has 1 fully saturated rings. The highest BCUT2D eigenvalue weighted by molar-refractivity contribution is 6.99. The third-order valence-electron chi connectivity index (χ3n) is 3.73. The highest BCUT2D eigenvalue weighted by Gasteiger charge is 2.25. The predicted molar refractivity (Wildman–Crippen MR) is 75.9 cm³/mol. The average molecular weight is 289 g/mol. The first-order valence-corrected chi connectivity index (χ1v) is 7.33. The van der Waals surface area contributed by atoms with Crippen molar-refractivity contribution < 1.29 is 9.90 Å². The van der Waals surface area contributed by atoms with Gasteiger partial charge in [-0.15, -0.1) is 0 Å². The summed E-state index contributed by atoms with van der Waals surface area (Å²) in [4.78, 5) is 14.0. The fourth-order valence-electron chi connectivity index (χ4n) is 2.58. The third-order valence-corrected chi connectivity index (χ3v) is 4.21. The summed E-state index contributed by atoms with van der Waals surface area (Å²) in [6.07, 6.45) is 3.40. The van der Waals surface area contributed by atoms with E-state index in [0.717, 1.165) is 37.7 Å². The molecule has 1 aromatic heterocycles. The SMILES string of the molecule is O=C(c1cnsn1)N1CCC(c2ccc(O)cc2)CC1. The van der Waals surface area contributed by atoms with Crippen molar-refractivity contribution in [2.45, 2.75) is 18.8 Å². The van der Waals surface area contributed by atoms with Crippen LogP contribution in [0.25, 0.3) is 0 Å². The second kappa shape index (κ2) is 5.58. The molecule has 1 aromatic carbocycles. The zero-order chi connectivity index (χ0) is 13.9. The van der Waals surface area contributed by atoms with E-state index < -0.39 is 0 Å². The molecule has 6 heteroatoms. The van der Waals surface area contributed by atoms with Gasteiger partial charge in [0.25, 0.3) is 5.91 Å². The lowest BCUT2D eigenvalue weighted by Crippen LogP contribution is -2.38. The van der Waals surface area contributed by atoms with Crippen LogP contribution >= 0.6 is 11.7 Å². The molecule has 1 aliphatic rings. The lowest BCUT2D eigenvalue weighted by Gasteiger charge is -2.31. The summed E-state index contributed by atoms with van der Waals surface area (Å²) in [6, 6.07) is 7.35. The number of hydrogen-bond donors (Lipinski definition) is 1. The largest absolute Gasteiger partial charge is 0.508 e. The number of aromatic nitrogens is 2. The first kappa shape index (κ1) is 13.1. The molecule has 1 saturated heterocycles. The summed E-state index contributed by atoms with van der Waals surface area (Å²) in [7, 11) is 0. The smallest absolute Gasteiger partial charge is 0.275 e. The molecule has 1 aliphatic heterocycles. The van der Waals surface area contributed by atoms with Crippen molar-refractivity contribution >= 4 is 17.6 Å². The Kier molecular flexibility index (Phi) is 3.64. The maximum Gasteiger partial charge on any atom is 0.275 e. The Labute approximate surface area is 121 Å². The molecular formula is C14H15N3O2S. The molecule has 0 saturated carbocycles. The van der Waals surface area contributed by atoms with Gasteiger partial charge in [0.2, 0.25) is 0 Å². The number of amides is 1. The van der Waals surface area contributed by atoms with Gasteiger partial charge in [-0.1, -0.05) is 12.1 Å². The van der Waals surface area contributed by atoms with Gasteiger partial charge < -0.3 is 10.0 Å². The number of piperidine rings is 1. The monoisotopic (exact) mass is 289 g/mol. The van der Waals surface area contributed by atoms with Crippen LogP contribution in [0.5, 0.6) is 5.75 Å². The van der Waals surface area contributed by atoms with E-state index in [1.807, 2.05) is 17.0 Å². The van der Waals surface area contributed by atoms with E-state index in [9.17, 15) is 9.90 Å². The van der Waals surface area contributed by atoms with Crippen LogP contribution in [0, 0.1) is 0 Å². The van der Waals surface area contributed by atoms with Crippen molar-refractivity contribution in [1.29, 1.82) is 0 Å². The minimum Gasteiger partial charge on any atom is -0.508 e. The molecule has 0 bridgehead atoms. The van der Waals surface area contributed by atoms with Gasteiger partial charge in [0.05, 0.1) is 17.9 Å². The van der Waals surface area contributed by atoms with E-state index in [1.54, 1.807) is 12.1 Å². The molecule has 20 heavy (non-hydrogen) atoms. The Bertz CT molecular complexity index is 575. The van der Waals surface area contributed by atoms with E-state index in [2.05, 4.69) is 8.75 Å². The lowest BCUT2D eigenvalue weighted by atomic mass is 9.89. The number of likely N-dealkylation sites (tertiary alicyclic amines) is 1. The Morgan fingerprint density at radius 2 is 1.95 bits per heavy atom. The van der Waals surface area contributed by atoms with Gasteiger partial charge in [0.1, 0.15) is 5.75 Å². The van der Waals surface area contributed by atoms with Gasteiger partial charge in [0, 0.05) is 13.1 Å². The van der Waals surface area contributed by atoms with E-state index in [1.165, 1.54) is 11.8 Å². The molecule has 2 heterocycles. The van der Waals surface area contributed by atoms with E-state index >= 15 is 0 Å². The number of phenols is 1. The van der Waals surface area contributed by atoms with Crippen LogP contribution in [-0.4, -0.2) is 37.8 Å². The number of rotatable bonds is 2. The molecule has 1 N–H and O–H groups in total. The molecule has 2 aromatic rings. The second-order valence-corrected chi connectivity index (χ2v) is 5.51. The van der Waals surface area contributed by atoms with E-state index in [4.69, 9.17) is 0 Å². The van der Waals surface area contributed by atoms with Crippen LogP contribution in [-0.2, 0) is 0 Å². The van der Waals surface area contributed by atoms with Crippen LogP contribution in [0.2, 0.25) is 0 Å². The molecule has 0 radical (unpaired) electrons. The molecule has 0 atom stereocenters. The molecule has 104 valence electrons. The minimum atomic E-state index is -0.0251. The van der Waals surface area contributed by atoms with Crippen molar-refractivity contribution in [3.8, 4) is 5.75 Å². The average Bonchev–Trinajstić information content (AvgIpc) is 3.02. The van der Waals surface area contributed by atoms with Crippen LogP contribution < -0.4 is 0 Å². The van der Waals surface area contributed by atoms with Crippen LogP contribution in [0.3, 0.4) is 0 Å². The number of benzene rings is 1.